The van der Waals surface area contributed by atoms with Gasteiger partial charge in [0.15, 0.2) is 0 Å². The Labute approximate surface area is 386 Å². The highest BCUT2D eigenvalue weighted by atomic mass is 35.5. The molecule has 20 heteroatoms. The molecule has 0 bridgehead atoms. The van der Waals surface area contributed by atoms with Crippen LogP contribution >= 0.6 is 11.6 Å². The van der Waals surface area contributed by atoms with Gasteiger partial charge in [-0.2, -0.15) is 0 Å². The van der Waals surface area contributed by atoms with Crippen molar-refractivity contribution in [2.45, 2.75) is 64.6 Å². The summed E-state index contributed by atoms with van der Waals surface area (Å²) < 4.78 is 60.3. The Balaban J connectivity index is 0.000000440. The van der Waals surface area contributed by atoms with Crippen LogP contribution < -0.4 is 20.3 Å². The van der Waals surface area contributed by atoms with Crippen molar-refractivity contribution >= 4 is 47.3 Å². The summed E-state index contributed by atoms with van der Waals surface area (Å²) in [5.74, 6) is 0.565. The molecule has 3 aliphatic rings. The quantitative estimate of drug-likeness (QED) is 0.127. The van der Waals surface area contributed by atoms with Crippen molar-refractivity contribution in [1.29, 1.82) is 0 Å². The number of rotatable bonds is 11. The van der Waals surface area contributed by atoms with Crippen molar-refractivity contribution < 1.29 is 51.3 Å². The molecule has 16 nitrogen and oxygen atoms in total. The van der Waals surface area contributed by atoms with Crippen LogP contribution in [0.25, 0.3) is 22.4 Å². The third-order valence-corrected chi connectivity index (χ3v) is 12.0. The third-order valence-electron chi connectivity index (χ3n) is 11.7. The van der Waals surface area contributed by atoms with Crippen molar-refractivity contribution in [2.24, 2.45) is 11.3 Å². The van der Waals surface area contributed by atoms with Crippen LogP contribution in [0.2, 0.25) is 5.02 Å². The highest BCUT2D eigenvalue weighted by Gasteiger charge is 2.35. The number of hydrogen-bond acceptors (Lipinski definition) is 12. The molecule has 0 radical (unpaired) electrons. The van der Waals surface area contributed by atoms with Gasteiger partial charge in [-0.1, -0.05) is 56.6 Å². The molecule has 66 heavy (non-hydrogen) atoms. The van der Waals surface area contributed by atoms with Gasteiger partial charge in [-0.05, 0) is 61.6 Å². The number of likely N-dealkylation sites (tertiary alicyclic amines) is 1. The fourth-order valence-electron chi connectivity index (χ4n) is 8.06. The van der Waals surface area contributed by atoms with E-state index in [4.69, 9.17) is 21.1 Å². The maximum Gasteiger partial charge on any atom is 0.573 e. The number of carbonyl (C=O) groups excluding carboxylic acids is 4. The number of aldehydes is 1. The molecule has 2 aromatic carbocycles. The number of alkyl halides is 3. The number of imidazole rings is 1. The highest BCUT2D eigenvalue weighted by molar-refractivity contribution is 6.34. The van der Waals surface area contributed by atoms with Gasteiger partial charge in [0.2, 0.25) is 5.91 Å². The molecule has 3 amide bonds. The molecule has 3 N–H and O–H groups in total. The SMILES string of the molecule is COC(=O)NC(C=O)C1CCOCC1.COC1CC(c2ncc(-c3ccc(-c4cc(Cl)c(NC(=O)c5ccc(N6CCN(C(=O)C(C)(C)C)CC6)nc5)cc4OC(F)(F)F)cc3)[nH]2)N(C)C1. The Morgan fingerprint density at radius 2 is 1.64 bits per heavy atom. The average Bonchev–Trinajstić information content (AvgIpc) is 3.95. The second-order valence-electron chi connectivity index (χ2n) is 17.3. The zero-order chi connectivity index (χ0) is 47.8. The molecule has 0 aliphatic carbocycles. The number of ether oxygens (including phenoxy) is 4. The molecular weight excluding hydrogens is 885 g/mol. The van der Waals surface area contributed by atoms with Gasteiger partial charge >= 0.3 is 12.5 Å². The van der Waals surface area contributed by atoms with E-state index in [0.29, 0.717) is 50.8 Å². The number of alkyl carbamates (subject to hydrolysis) is 1. The number of amides is 3. The van der Waals surface area contributed by atoms with Crippen LogP contribution in [0, 0.1) is 11.3 Å². The number of nitrogens with zero attached hydrogens (tertiary/aromatic N) is 5. The van der Waals surface area contributed by atoms with E-state index in [1.807, 2.05) is 37.6 Å². The predicted octanol–water partition coefficient (Wildman–Crippen LogP) is 7.37. The molecule has 2 aromatic heterocycles. The van der Waals surface area contributed by atoms with Crippen LogP contribution in [-0.2, 0) is 23.8 Å². The number of piperazine rings is 1. The number of aromatic nitrogens is 3. The minimum absolute atomic E-state index is 0.0162. The number of nitrogens with one attached hydrogen (secondary N) is 3. The lowest BCUT2D eigenvalue weighted by Gasteiger charge is -2.38. The third kappa shape index (κ3) is 12.8. The van der Waals surface area contributed by atoms with Gasteiger partial charge in [0.05, 0.1) is 53.5 Å². The average molecular weight is 941 g/mol. The molecule has 356 valence electrons. The van der Waals surface area contributed by atoms with E-state index < -0.39 is 35.6 Å². The number of carbonyl (C=O) groups is 4. The van der Waals surface area contributed by atoms with Gasteiger partial charge in [-0.3, -0.25) is 14.5 Å². The van der Waals surface area contributed by atoms with E-state index in [0.717, 1.165) is 55.2 Å². The molecule has 3 saturated heterocycles. The van der Waals surface area contributed by atoms with E-state index in [9.17, 15) is 32.3 Å². The zero-order valence-corrected chi connectivity index (χ0v) is 38.5. The minimum atomic E-state index is -5.00. The van der Waals surface area contributed by atoms with Gasteiger partial charge in [-0.15, -0.1) is 13.2 Å². The molecule has 3 fully saturated rings. The van der Waals surface area contributed by atoms with E-state index >= 15 is 0 Å². The first-order valence-corrected chi connectivity index (χ1v) is 21.9. The van der Waals surface area contributed by atoms with Crippen molar-refractivity contribution in [3.63, 3.8) is 0 Å². The number of halogens is 4. The summed E-state index contributed by atoms with van der Waals surface area (Å²) in [5, 5.41) is 5.11. The minimum Gasteiger partial charge on any atom is -0.453 e. The van der Waals surface area contributed by atoms with E-state index in [-0.39, 0.29) is 45.8 Å². The summed E-state index contributed by atoms with van der Waals surface area (Å²) in [5.41, 5.74) is 1.72. The van der Waals surface area contributed by atoms with Gasteiger partial charge in [0.25, 0.3) is 5.91 Å². The van der Waals surface area contributed by atoms with Crippen molar-refractivity contribution in [1.82, 2.24) is 30.1 Å². The summed E-state index contributed by atoms with van der Waals surface area (Å²) >= 11 is 6.54. The lowest BCUT2D eigenvalue weighted by atomic mass is 9.93. The Hall–Kier alpha value is -5.76. The van der Waals surface area contributed by atoms with Gasteiger partial charge < -0.3 is 49.2 Å². The lowest BCUT2D eigenvalue weighted by molar-refractivity contribution is -0.274. The van der Waals surface area contributed by atoms with Crippen molar-refractivity contribution in [3.05, 3.63) is 77.3 Å². The molecule has 4 aromatic rings. The molecule has 7 rings (SSSR count). The monoisotopic (exact) mass is 940 g/mol. The van der Waals surface area contributed by atoms with Crippen LogP contribution in [0.4, 0.5) is 29.5 Å². The molecule has 3 unspecified atom stereocenters. The summed E-state index contributed by atoms with van der Waals surface area (Å²) in [6.07, 6.45) is 0.836. The normalized spacial score (nSPS) is 18.8. The van der Waals surface area contributed by atoms with Crippen molar-refractivity contribution in [3.8, 4) is 28.1 Å². The fraction of sp³-hybridized carbons (Fsp3) is 0.478. The standard InChI is InChI=1S/C37H41ClF3N7O4.C9H15NO4/c1-36(2,3)35(50)48-14-12-47(13-15-48)32-11-10-24(19-42-32)34(49)45-28-18-31(52-37(39,40)41)26(17-27(28)38)22-6-8-23(9-7-22)29-20-43-33(44-29)30-16-25(51-5)21-46(30)4;1-13-9(12)10-8(6-11)7-2-4-14-5-3-7/h6-11,17-20,25,30H,12-16,21H2,1-5H3,(H,43,44)(H,45,49);6-8H,2-5H2,1H3,(H,10,12). The number of aromatic amines is 1. The molecule has 0 spiro atoms. The zero-order valence-electron chi connectivity index (χ0n) is 37.7. The second kappa shape index (κ2) is 21.7. The Bertz CT molecular complexity index is 2290. The molecule has 5 heterocycles. The second-order valence-corrected chi connectivity index (χ2v) is 17.7. The summed E-state index contributed by atoms with van der Waals surface area (Å²) in [7, 11) is 4.99. The van der Waals surface area contributed by atoms with Gasteiger partial charge in [0, 0.05) is 76.3 Å². The number of pyridine rings is 1. The molecule has 3 atom stereocenters. The summed E-state index contributed by atoms with van der Waals surface area (Å²) in [6.45, 7) is 10.1. The van der Waals surface area contributed by atoms with Crippen LogP contribution in [0.5, 0.6) is 5.75 Å². The Morgan fingerprint density at radius 3 is 2.21 bits per heavy atom. The number of H-pyrrole nitrogens is 1. The highest BCUT2D eigenvalue weighted by Crippen LogP contribution is 2.41. The van der Waals surface area contributed by atoms with Gasteiger partial charge in [-0.25, -0.2) is 14.8 Å². The fourth-order valence-corrected chi connectivity index (χ4v) is 8.27. The van der Waals surface area contributed by atoms with Crippen molar-refractivity contribution in [2.75, 3.05) is 77.4 Å². The first kappa shape index (κ1) is 49.7. The number of likely N-dealkylation sites (N-methyl/N-ethyl adjacent to an activating group) is 1. The molecule has 3 aliphatic heterocycles. The topological polar surface area (TPSA) is 181 Å². The number of benzene rings is 2. The number of methoxy groups -OCH3 is 2. The first-order chi connectivity index (χ1) is 31.4. The van der Waals surface area contributed by atoms with Crippen LogP contribution in [0.15, 0.2) is 60.9 Å². The van der Waals surface area contributed by atoms with E-state index in [1.165, 1.54) is 19.4 Å². The maximum atomic E-state index is 13.6. The smallest absolute Gasteiger partial charge is 0.453 e. The van der Waals surface area contributed by atoms with Crippen LogP contribution in [0.1, 0.15) is 62.3 Å². The maximum absolute atomic E-state index is 13.6. The largest absolute Gasteiger partial charge is 0.573 e. The lowest BCUT2D eigenvalue weighted by Crippen LogP contribution is -2.51. The van der Waals surface area contributed by atoms with Gasteiger partial charge in [0.1, 0.15) is 23.7 Å². The molecule has 0 saturated carbocycles. The Kier molecular flexibility index (Phi) is 16.3. The predicted molar refractivity (Wildman–Crippen MR) is 241 cm³/mol. The first-order valence-electron chi connectivity index (χ1n) is 21.5. The summed E-state index contributed by atoms with van der Waals surface area (Å²) in [4.78, 5) is 65.8. The Morgan fingerprint density at radius 1 is 0.955 bits per heavy atom. The van der Waals surface area contributed by atoms with E-state index in [2.05, 4.69) is 40.0 Å². The molecular formula is C46H56ClF3N8O8. The number of hydrogen-bond donors (Lipinski definition) is 3. The van der Waals surface area contributed by atoms with E-state index in [1.54, 1.807) is 49.7 Å². The number of anilines is 2. The van der Waals surface area contributed by atoms with Crippen LogP contribution in [-0.4, -0.2) is 135 Å². The van der Waals surface area contributed by atoms with Crippen LogP contribution in [0.3, 0.4) is 0 Å². The summed E-state index contributed by atoms with van der Waals surface area (Å²) in [6, 6.07) is 12.2.